The molecule has 4 aliphatic carbocycles. The molecule has 0 bridgehead atoms. The monoisotopic (exact) mass is 302 g/mol. The number of carbonyl (C=O) groups is 1. The molecule has 0 heterocycles. The third-order valence-electron chi connectivity index (χ3n) is 8.96. The molecule has 0 aromatic heterocycles. The normalized spacial score (nSPS) is 54.5. The van der Waals surface area contributed by atoms with E-state index < -0.39 is 0 Å². The zero-order valence-corrected chi connectivity index (χ0v) is 14.9. The van der Waals surface area contributed by atoms with Gasteiger partial charge < -0.3 is 0 Å². The van der Waals surface area contributed by atoms with Crippen molar-refractivity contribution in [2.45, 2.75) is 85.0 Å². The highest BCUT2D eigenvalue weighted by Gasteiger charge is 2.62. The Morgan fingerprint density at radius 1 is 1.00 bits per heavy atom. The summed E-state index contributed by atoms with van der Waals surface area (Å²) in [5.41, 5.74) is 0.689. The maximum atomic E-state index is 13.3. The Labute approximate surface area is 136 Å². The van der Waals surface area contributed by atoms with E-state index in [2.05, 4.69) is 20.8 Å². The molecule has 0 aromatic rings. The average Bonchev–Trinajstić information content (AvgIpc) is 2.82. The Morgan fingerprint density at radius 3 is 2.59 bits per heavy atom. The molecule has 4 aliphatic rings. The van der Waals surface area contributed by atoms with E-state index in [0.29, 0.717) is 22.5 Å². The first-order chi connectivity index (χ1) is 10.5. The molecule has 22 heavy (non-hydrogen) atoms. The Bertz CT molecular complexity index is 469. The zero-order chi connectivity index (χ0) is 15.5. The molecular formula is C21H34O. The number of hydrogen-bond acceptors (Lipinski definition) is 1. The molecule has 1 heteroatoms. The molecule has 0 N–H and O–H groups in total. The molecule has 0 amide bonds. The van der Waals surface area contributed by atoms with Gasteiger partial charge in [0.1, 0.15) is 5.78 Å². The molecule has 0 spiro atoms. The Balaban J connectivity index is 1.69. The van der Waals surface area contributed by atoms with E-state index in [1.807, 2.05) is 0 Å². The maximum absolute atomic E-state index is 13.3. The molecule has 7 atom stereocenters. The third-order valence-corrected chi connectivity index (χ3v) is 8.96. The van der Waals surface area contributed by atoms with Gasteiger partial charge in [0.25, 0.3) is 0 Å². The highest BCUT2D eigenvalue weighted by molar-refractivity contribution is 5.84. The van der Waals surface area contributed by atoms with Crippen LogP contribution in [0.5, 0.6) is 0 Å². The van der Waals surface area contributed by atoms with E-state index >= 15 is 0 Å². The summed E-state index contributed by atoms with van der Waals surface area (Å²) in [7, 11) is 0. The van der Waals surface area contributed by atoms with Crippen LogP contribution in [0.15, 0.2) is 0 Å². The van der Waals surface area contributed by atoms with Crippen LogP contribution in [0.2, 0.25) is 0 Å². The Morgan fingerprint density at radius 2 is 1.82 bits per heavy atom. The van der Waals surface area contributed by atoms with Crippen LogP contribution >= 0.6 is 0 Å². The summed E-state index contributed by atoms with van der Waals surface area (Å²) in [5, 5.41) is 0. The molecule has 0 saturated heterocycles. The van der Waals surface area contributed by atoms with E-state index in [1.54, 1.807) is 0 Å². The van der Waals surface area contributed by atoms with Crippen LogP contribution in [0.4, 0.5) is 0 Å². The lowest BCUT2D eigenvalue weighted by Gasteiger charge is -2.59. The summed E-state index contributed by atoms with van der Waals surface area (Å²) < 4.78 is 0. The molecule has 124 valence electrons. The number of rotatable bonds is 1. The average molecular weight is 303 g/mol. The maximum Gasteiger partial charge on any atom is 0.137 e. The minimum Gasteiger partial charge on any atom is -0.299 e. The molecule has 4 rings (SSSR count). The van der Waals surface area contributed by atoms with E-state index in [9.17, 15) is 4.79 Å². The van der Waals surface area contributed by atoms with Gasteiger partial charge in [0.05, 0.1) is 0 Å². The SMILES string of the molecule is CC[C@H]1CC[C@H]2[C@@H]3CCC4CCCC[C@]4(C)[C@@H]3C(=O)C[C@]12C. The molecule has 0 aromatic carbocycles. The fourth-order valence-electron chi connectivity index (χ4n) is 7.88. The molecular weight excluding hydrogens is 268 g/mol. The van der Waals surface area contributed by atoms with Crippen LogP contribution in [0.1, 0.15) is 85.0 Å². The van der Waals surface area contributed by atoms with Gasteiger partial charge in [-0.25, -0.2) is 0 Å². The summed E-state index contributed by atoms with van der Waals surface area (Å²) in [6.07, 6.45) is 13.2. The molecule has 1 unspecified atom stereocenters. The minimum absolute atomic E-state index is 0.338. The number of carbonyl (C=O) groups excluding carboxylic acids is 1. The van der Waals surface area contributed by atoms with Crippen molar-refractivity contribution in [1.29, 1.82) is 0 Å². The van der Waals surface area contributed by atoms with Crippen molar-refractivity contribution in [2.75, 3.05) is 0 Å². The lowest BCUT2D eigenvalue weighted by molar-refractivity contribution is -0.157. The summed E-state index contributed by atoms with van der Waals surface area (Å²) in [5.74, 6) is 4.30. The highest BCUT2D eigenvalue weighted by atomic mass is 16.1. The van der Waals surface area contributed by atoms with Gasteiger partial charge in [0.2, 0.25) is 0 Å². The van der Waals surface area contributed by atoms with E-state index in [-0.39, 0.29) is 0 Å². The standard InChI is InChI=1S/C21H34O/c1-4-14-9-11-17-16-10-8-15-7-5-6-12-20(15,2)19(16)18(22)13-21(14,17)3/h14-17,19H,4-13H2,1-3H3/t14-,15?,16-,17-,19-,20-,21+/m0/s1. The molecule has 4 fully saturated rings. The van der Waals surface area contributed by atoms with Gasteiger partial charge >= 0.3 is 0 Å². The van der Waals surface area contributed by atoms with Crippen LogP contribution < -0.4 is 0 Å². The van der Waals surface area contributed by atoms with Gasteiger partial charge in [-0.05, 0) is 73.0 Å². The summed E-state index contributed by atoms with van der Waals surface area (Å²) >= 11 is 0. The summed E-state index contributed by atoms with van der Waals surface area (Å²) in [6, 6.07) is 0. The second-order valence-corrected chi connectivity index (χ2v) is 9.61. The van der Waals surface area contributed by atoms with Crippen molar-refractivity contribution < 1.29 is 4.79 Å². The van der Waals surface area contributed by atoms with Gasteiger partial charge in [-0.15, -0.1) is 0 Å². The van der Waals surface area contributed by atoms with Crippen LogP contribution in [-0.4, -0.2) is 5.78 Å². The second-order valence-electron chi connectivity index (χ2n) is 9.61. The van der Waals surface area contributed by atoms with Gasteiger partial charge in [0, 0.05) is 12.3 Å². The second kappa shape index (κ2) is 5.08. The fourth-order valence-corrected chi connectivity index (χ4v) is 7.88. The van der Waals surface area contributed by atoms with Crippen LogP contribution in [0, 0.1) is 40.4 Å². The lowest BCUT2D eigenvalue weighted by Crippen LogP contribution is -2.56. The van der Waals surface area contributed by atoms with Crippen molar-refractivity contribution in [3.8, 4) is 0 Å². The predicted octanol–water partition coefficient (Wildman–Crippen LogP) is 5.62. The van der Waals surface area contributed by atoms with Crippen molar-refractivity contribution in [2.24, 2.45) is 40.4 Å². The number of Topliss-reactive ketones (excluding diaryl/α,β-unsaturated/α-hetero) is 1. The van der Waals surface area contributed by atoms with Crippen molar-refractivity contribution in [1.82, 2.24) is 0 Å². The van der Waals surface area contributed by atoms with E-state index in [4.69, 9.17) is 0 Å². The fraction of sp³-hybridized carbons (Fsp3) is 0.952. The quantitative estimate of drug-likeness (QED) is 0.614. The largest absolute Gasteiger partial charge is 0.299 e. The summed E-state index contributed by atoms with van der Waals surface area (Å²) in [6.45, 7) is 7.32. The molecule has 1 nitrogen and oxygen atoms in total. The molecule has 0 radical (unpaired) electrons. The van der Waals surface area contributed by atoms with E-state index in [1.165, 1.54) is 57.8 Å². The van der Waals surface area contributed by atoms with Crippen LogP contribution in [-0.2, 0) is 4.79 Å². The third kappa shape index (κ3) is 1.86. The van der Waals surface area contributed by atoms with Gasteiger partial charge in [-0.1, -0.05) is 40.0 Å². The van der Waals surface area contributed by atoms with Crippen molar-refractivity contribution >= 4 is 5.78 Å². The molecule has 4 saturated carbocycles. The Kier molecular flexibility index (Phi) is 3.51. The molecule has 0 aliphatic heterocycles. The topological polar surface area (TPSA) is 17.1 Å². The Hall–Kier alpha value is -0.330. The lowest BCUT2D eigenvalue weighted by atomic mass is 9.44. The minimum atomic E-state index is 0.338. The van der Waals surface area contributed by atoms with Gasteiger partial charge in [0.15, 0.2) is 0 Å². The zero-order valence-electron chi connectivity index (χ0n) is 14.9. The van der Waals surface area contributed by atoms with E-state index in [0.717, 1.165) is 30.1 Å². The van der Waals surface area contributed by atoms with Gasteiger partial charge in [-0.3, -0.25) is 4.79 Å². The van der Waals surface area contributed by atoms with Crippen molar-refractivity contribution in [3.05, 3.63) is 0 Å². The van der Waals surface area contributed by atoms with Crippen LogP contribution in [0.25, 0.3) is 0 Å². The number of hydrogen-bond donors (Lipinski definition) is 0. The number of fused-ring (bicyclic) bond motifs is 5. The smallest absolute Gasteiger partial charge is 0.137 e. The number of ketones is 1. The first kappa shape index (κ1) is 15.2. The first-order valence-corrected chi connectivity index (χ1v) is 10.0. The predicted molar refractivity (Wildman–Crippen MR) is 90.5 cm³/mol. The first-order valence-electron chi connectivity index (χ1n) is 10.0. The highest BCUT2D eigenvalue weighted by Crippen LogP contribution is 2.66. The van der Waals surface area contributed by atoms with Crippen molar-refractivity contribution in [3.63, 3.8) is 0 Å². The van der Waals surface area contributed by atoms with Crippen LogP contribution in [0.3, 0.4) is 0 Å². The summed E-state index contributed by atoms with van der Waals surface area (Å²) in [4.78, 5) is 13.3. The van der Waals surface area contributed by atoms with Gasteiger partial charge in [-0.2, -0.15) is 0 Å².